The average Bonchev–Trinajstić information content (AvgIpc) is 2.24. The summed E-state index contributed by atoms with van der Waals surface area (Å²) < 4.78 is 0. The molecule has 0 aliphatic heterocycles. The second-order valence-corrected chi connectivity index (χ2v) is 6.01. The van der Waals surface area contributed by atoms with E-state index >= 15 is 0 Å². The number of benzene rings is 1. The second-order valence-electron chi connectivity index (χ2n) is 4.47. The lowest BCUT2D eigenvalue weighted by Gasteiger charge is -2.09. The van der Waals surface area contributed by atoms with Gasteiger partial charge in [0.05, 0.1) is 0 Å². The fourth-order valence-electron chi connectivity index (χ4n) is 1.51. The maximum absolute atomic E-state index is 5.72. The first kappa shape index (κ1) is 13.9. The molecule has 0 aromatic heterocycles. The molecule has 1 unspecified atom stereocenters. The van der Waals surface area contributed by atoms with Crippen LogP contribution < -0.4 is 0 Å². The lowest BCUT2D eigenvalue weighted by molar-refractivity contribution is 0.552. The van der Waals surface area contributed by atoms with Crippen molar-refractivity contribution in [3.63, 3.8) is 0 Å². The summed E-state index contributed by atoms with van der Waals surface area (Å²) in [6, 6.07) is 6.71. The molecule has 1 atom stereocenters. The van der Waals surface area contributed by atoms with Crippen molar-refractivity contribution < 1.29 is 0 Å². The van der Waals surface area contributed by atoms with Crippen molar-refractivity contribution in [1.82, 2.24) is 0 Å². The summed E-state index contributed by atoms with van der Waals surface area (Å²) in [7, 11) is 0. The van der Waals surface area contributed by atoms with Crippen LogP contribution in [-0.2, 0) is 0 Å². The van der Waals surface area contributed by atoms with E-state index < -0.39 is 0 Å². The zero-order valence-electron chi connectivity index (χ0n) is 10.4. The van der Waals surface area contributed by atoms with E-state index in [4.69, 9.17) is 11.6 Å². The molecule has 1 aromatic carbocycles. The van der Waals surface area contributed by atoms with Gasteiger partial charge in [-0.2, -0.15) is 0 Å². The maximum Gasteiger partial charge on any atom is 0.0225 e. The van der Waals surface area contributed by atoms with Crippen molar-refractivity contribution in [2.75, 3.05) is 11.6 Å². The van der Waals surface area contributed by atoms with Crippen molar-refractivity contribution in [1.29, 1.82) is 0 Å². The highest BCUT2D eigenvalue weighted by Crippen LogP contribution is 2.23. The number of halogens is 1. The molecule has 1 aromatic rings. The first-order chi connectivity index (χ1) is 7.63. The summed E-state index contributed by atoms with van der Waals surface area (Å²) in [6.07, 6.45) is 2.39. The molecule has 0 saturated heterocycles. The van der Waals surface area contributed by atoms with E-state index in [0.29, 0.717) is 0 Å². The molecule has 1 rings (SSSR count). The van der Waals surface area contributed by atoms with E-state index in [2.05, 4.69) is 39.0 Å². The van der Waals surface area contributed by atoms with Gasteiger partial charge in [-0.1, -0.05) is 13.0 Å². The molecule has 0 bridgehead atoms. The summed E-state index contributed by atoms with van der Waals surface area (Å²) >= 11 is 7.68. The summed E-state index contributed by atoms with van der Waals surface area (Å²) in [5.74, 6) is 2.73. The SMILES string of the molecule is Cc1ccc(SCCC(C)CCCl)cc1C. The van der Waals surface area contributed by atoms with Crippen molar-refractivity contribution in [2.24, 2.45) is 5.92 Å². The van der Waals surface area contributed by atoms with Gasteiger partial charge in [0, 0.05) is 10.8 Å². The largest absolute Gasteiger partial charge is 0.127 e. The highest BCUT2D eigenvalue weighted by atomic mass is 35.5. The number of rotatable bonds is 6. The van der Waals surface area contributed by atoms with Crippen LogP contribution in [0.2, 0.25) is 0 Å². The Labute approximate surface area is 109 Å². The molecule has 0 spiro atoms. The molecule has 0 nitrogen and oxygen atoms in total. The minimum Gasteiger partial charge on any atom is -0.127 e. The van der Waals surface area contributed by atoms with Crippen LogP contribution in [0.1, 0.15) is 30.9 Å². The van der Waals surface area contributed by atoms with Gasteiger partial charge in [-0.15, -0.1) is 23.4 Å². The van der Waals surface area contributed by atoms with Gasteiger partial charge in [0.15, 0.2) is 0 Å². The van der Waals surface area contributed by atoms with Crippen LogP contribution in [0, 0.1) is 19.8 Å². The molecule has 0 aliphatic rings. The van der Waals surface area contributed by atoms with Crippen molar-refractivity contribution in [3.05, 3.63) is 29.3 Å². The minimum absolute atomic E-state index is 0.747. The number of thioether (sulfide) groups is 1. The van der Waals surface area contributed by atoms with Gasteiger partial charge in [-0.3, -0.25) is 0 Å². The Balaban J connectivity index is 2.34. The Morgan fingerprint density at radius 2 is 1.94 bits per heavy atom. The summed E-state index contributed by atoms with van der Waals surface area (Å²) in [6.45, 7) is 6.62. The van der Waals surface area contributed by atoms with E-state index in [1.807, 2.05) is 11.8 Å². The van der Waals surface area contributed by atoms with Crippen LogP contribution >= 0.6 is 23.4 Å². The third kappa shape index (κ3) is 4.80. The fraction of sp³-hybridized carbons (Fsp3) is 0.571. The van der Waals surface area contributed by atoms with E-state index in [1.54, 1.807) is 0 Å². The van der Waals surface area contributed by atoms with Gasteiger partial charge in [-0.25, -0.2) is 0 Å². The Bertz CT molecular complexity index is 323. The lowest BCUT2D eigenvalue weighted by atomic mass is 10.1. The van der Waals surface area contributed by atoms with Gasteiger partial charge >= 0.3 is 0 Å². The van der Waals surface area contributed by atoms with E-state index in [0.717, 1.165) is 18.2 Å². The van der Waals surface area contributed by atoms with Crippen LogP contribution in [0.25, 0.3) is 0 Å². The quantitative estimate of drug-likeness (QED) is 0.507. The number of aryl methyl sites for hydroxylation is 2. The molecule has 0 amide bonds. The highest BCUT2D eigenvalue weighted by molar-refractivity contribution is 7.99. The van der Waals surface area contributed by atoms with Crippen molar-refractivity contribution in [3.8, 4) is 0 Å². The van der Waals surface area contributed by atoms with Gasteiger partial charge in [0.25, 0.3) is 0 Å². The Kier molecular flexibility index (Phi) is 6.30. The molecule has 0 N–H and O–H groups in total. The fourth-order valence-corrected chi connectivity index (χ4v) is 3.07. The van der Waals surface area contributed by atoms with E-state index in [-0.39, 0.29) is 0 Å². The van der Waals surface area contributed by atoms with Crippen LogP contribution in [0.15, 0.2) is 23.1 Å². The molecule has 0 aliphatic carbocycles. The zero-order chi connectivity index (χ0) is 12.0. The standard InChI is InChI=1S/C14H21ClS/c1-11(6-8-15)7-9-16-14-5-4-12(2)13(3)10-14/h4-5,10-11H,6-9H2,1-3H3. The maximum atomic E-state index is 5.72. The van der Waals surface area contributed by atoms with Gasteiger partial charge in [0.2, 0.25) is 0 Å². The molecule has 90 valence electrons. The Morgan fingerprint density at radius 1 is 1.19 bits per heavy atom. The topological polar surface area (TPSA) is 0 Å². The first-order valence-electron chi connectivity index (χ1n) is 5.89. The number of alkyl halides is 1. The van der Waals surface area contributed by atoms with Crippen LogP contribution in [0.3, 0.4) is 0 Å². The molecule has 0 radical (unpaired) electrons. The zero-order valence-corrected chi connectivity index (χ0v) is 12.0. The summed E-state index contributed by atoms with van der Waals surface area (Å²) in [5, 5.41) is 0. The number of hydrogen-bond acceptors (Lipinski definition) is 1. The molecule has 16 heavy (non-hydrogen) atoms. The molecule has 2 heteroatoms. The van der Waals surface area contributed by atoms with E-state index in [1.165, 1.54) is 28.2 Å². The minimum atomic E-state index is 0.747. The van der Waals surface area contributed by atoms with Gasteiger partial charge < -0.3 is 0 Å². The van der Waals surface area contributed by atoms with Crippen molar-refractivity contribution in [2.45, 2.75) is 38.5 Å². The highest BCUT2D eigenvalue weighted by Gasteiger charge is 2.02. The van der Waals surface area contributed by atoms with Crippen LogP contribution in [0.5, 0.6) is 0 Å². The predicted molar refractivity (Wildman–Crippen MR) is 75.8 cm³/mol. The molecular weight excluding hydrogens is 236 g/mol. The third-order valence-electron chi connectivity index (χ3n) is 2.96. The third-order valence-corrected chi connectivity index (χ3v) is 4.20. The van der Waals surface area contributed by atoms with Gasteiger partial charge in [-0.05, 0) is 61.6 Å². The molecule has 0 fully saturated rings. The monoisotopic (exact) mass is 256 g/mol. The van der Waals surface area contributed by atoms with E-state index in [9.17, 15) is 0 Å². The summed E-state index contributed by atoms with van der Waals surface area (Å²) in [4.78, 5) is 1.39. The lowest BCUT2D eigenvalue weighted by Crippen LogP contribution is -1.97. The Morgan fingerprint density at radius 3 is 2.56 bits per heavy atom. The smallest absolute Gasteiger partial charge is 0.0225 e. The molecule has 0 saturated carbocycles. The first-order valence-corrected chi connectivity index (χ1v) is 7.41. The average molecular weight is 257 g/mol. The molecular formula is C14H21ClS. The van der Waals surface area contributed by atoms with Crippen LogP contribution in [0.4, 0.5) is 0 Å². The second kappa shape index (κ2) is 7.24. The number of hydrogen-bond donors (Lipinski definition) is 0. The molecule has 0 heterocycles. The predicted octanol–water partition coefficient (Wildman–Crippen LogP) is 5.05. The summed E-state index contributed by atoms with van der Waals surface area (Å²) in [5.41, 5.74) is 2.76. The van der Waals surface area contributed by atoms with Gasteiger partial charge in [0.1, 0.15) is 0 Å². The van der Waals surface area contributed by atoms with Crippen molar-refractivity contribution >= 4 is 23.4 Å². The van der Waals surface area contributed by atoms with Crippen LogP contribution in [-0.4, -0.2) is 11.6 Å². The normalized spacial score (nSPS) is 12.8. The Hall–Kier alpha value is -0.140.